The van der Waals surface area contributed by atoms with E-state index in [1.54, 1.807) is 21.3 Å². The number of nitrogens with one attached hydrogen (secondary N) is 2. The lowest BCUT2D eigenvalue weighted by Gasteiger charge is -2.14. The van der Waals surface area contributed by atoms with Crippen LogP contribution in [0.4, 0.5) is 5.69 Å². The zero-order chi connectivity index (χ0) is 16.2. The molecule has 6 heteroatoms. The van der Waals surface area contributed by atoms with Crippen molar-refractivity contribution >= 4 is 11.6 Å². The summed E-state index contributed by atoms with van der Waals surface area (Å²) in [6.45, 7) is 4.32. The van der Waals surface area contributed by atoms with Crippen LogP contribution in [0.25, 0.3) is 0 Å². The first kappa shape index (κ1) is 18.1. The lowest BCUT2D eigenvalue weighted by atomic mass is 10.3. The monoisotopic (exact) mass is 309 g/mol. The second kappa shape index (κ2) is 10.7. The zero-order valence-electron chi connectivity index (χ0n) is 13.9. The number of unbranched alkanes of at least 4 members (excludes halogenated alkanes) is 1. The van der Waals surface area contributed by atoms with Gasteiger partial charge in [0.25, 0.3) is 0 Å². The van der Waals surface area contributed by atoms with Crippen molar-refractivity contribution in [2.24, 2.45) is 4.99 Å². The Morgan fingerprint density at radius 1 is 1.14 bits per heavy atom. The normalized spacial score (nSPS) is 11.2. The molecule has 0 atom stereocenters. The van der Waals surface area contributed by atoms with E-state index in [4.69, 9.17) is 14.2 Å². The molecule has 1 aromatic rings. The molecule has 0 aromatic heterocycles. The summed E-state index contributed by atoms with van der Waals surface area (Å²) >= 11 is 0. The highest BCUT2D eigenvalue weighted by Crippen LogP contribution is 2.29. The lowest BCUT2D eigenvalue weighted by molar-refractivity contribution is 0.136. The van der Waals surface area contributed by atoms with Crippen molar-refractivity contribution in [3.05, 3.63) is 18.2 Å². The average molecular weight is 309 g/mol. The van der Waals surface area contributed by atoms with Gasteiger partial charge in [0.1, 0.15) is 0 Å². The zero-order valence-corrected chi connectivity index (χ0v) is 13.9. The number of hydrogen-bond donors (Lipinski definition) is 2. The Morgan fingerprint density at radius 3 is 2.55 bits per heavy atom. The Hall–Kier alpha value is -1.95. The summed E-state index contributed by atoms with van der Waals surface area (Å²) in [5.74, 6) is 2.05. The highest BCUT2D eigenvalue weighted by Gasteiger charge is 2.06. The maximum Gasteiger partial charge on any atom is 0.195 e. The van der Waals surface area contributed by atoms with Crippen molar-refractivity contribution in [3.63, 3.8) is 0 Å². The van der Waals surface area contributed by atoms with Crippen molar-refractivity contribution < 1.29 is 14.2 Å². The Balaban J connectivity index is 2.46. The van der Waals surface area contributed by atoms with Gasteiger partial charge in [-0.1, -0.05) is 13.3 Å². The summed E-state index contributed by atoms with van der Waals surface area (Å²) in [5.41, 5.74) is 0.873. The van der Waals surface area contributed by atoms with E-state index < -0.39 is 0 Å². The predicted molar refractivity (Wildman–Crippen MR) is 90.3 cm³/mol. The highest BCUT2D eigenvalue weighted by molar-refractivity contribution is 5.93. The van der Waals surface area contributed by atoms with Crippen LogP contribution in [0.5, 0.6) is 11.5 Å². The van der Waals surface area contributed by atoms with Gasteiger partial charge in [-0.2, -0.15) is 0 Å². The molecule has 0 saturated heterocycles. The molecule has 124 valence electrons. The van der Waals surface area contributed by atoms with Gasteiger partial charge in [0, 0.05) is 32.0 Å². The molecule has 0 radical (unpaired) electrons. The molecule has 0 fully saturated rings. The number of nitrogens with zero attached hydrogens (tertiary/aromatic N) is 1. The van der Waals surface area contributed by atoms with E-state index in [0.29, 0.717) is 30.6 Å². The van der Waals surface area contributed by atoms with Crippen LogP contribution < -0.4 is 20.1 Å². The van der Waals surface area contributed by atoms with Gasteiger partial charge >= 0.3 is 0 Å². The molecule has 0 heterocycles. The van der Waals surface area contributed by atoms with Gasteiger partial charge in [-0.3, -0.25) is 4.99 Å². The first-order valence-corrected chi connectivity index (χ1v) is 7.52. The first-order valence-electron chi connectivity index (χ1n) is 7.52. The average Bonchev–Trinajstić information content (AvgIpc) is 2.56. The summed E-state index contributed by atoms with van der Waals surface area (Å²) in [7, 11) is 4.96. The Kier molecular flexibility index (Phi) is 8.83. The van der Waals surface area contributed by atoms with E-state index >= 15 is 0 Å². The number of benzene rings is 1. The quantitative estimate of drug-likeness (QED) is 0.417. The highest BCUT2D eigenvalue weighted by atomic mass is 16.5. The van der Waals surface area contributed by atoms with Crippen LogP contribution in [0.2, 0.25) is 0 Å². The number of rotatable bonds is 9. The SMILES string of the molecule is CCCCOCCNC(=NC)Nc1ccc(OC)c(OC)c1. The van der Waals surface area contributed by atoms with E-state index in [1.807, 2.05) is 18.2 Å². The predicted octanol–water partition coefficient (Wildman–Crippen LogP) is 2.51. The van der Waals surface area contributed by atoms with Gasteiger partial charge < -0.3 is 24.8 Å². The molecule has 0 aliphatic heterocycles. The van der Waals surface area contributed by atoms with E-state index in [1.165, 1.54) is 0 Å². The number of aliphatic imine (C=N–C) groups is 1. The van der Waals surface area contributed by atoms with Crippen molar-refractivity contribution in [2.45, 2.75) is 19.8 Å². The summed E-state index contributed by atoms with van der Waals surface area (Å²) in [5, 5.41) is 6.41. The van der Waals surface area contributed by atoms with Crippen molar-refractivity contribution in [1.29, 1.82) is 0 Å². The van der Waals surface area contributed by atoms with Gasteiger partial charge in [-0.15, -0.1) is 0 Å². The van der Waals surface area contributed by atoms with E-state index in [9.17, 15) is 0 Å². The molecule has 0 spiro atoms. The molecule has 2 N–H and O–H groups in total. The second-order valence-corrected chi connectivity index (χ2v) is 4.66. The maximum absolute atomic E-state index is 5.50. The minimum absolute atomic E-state index is 0.659. The topological polar surface area (TPSA) is 64.1 Å². The number of ether oxygens (including phenoxy) is 3. The molecule has 6 nitrogen and oxygen atoms in total. The summed E-state index contributed by atoms with van der Waals surface area (Å²) < 4.78 is 16.0. The van der Waals surface area contributed by atoms with E-state index in [-0.39, 0.29) is 0 Å². The fourth-order valence-electron chi connectivity index (χ4n) is 1.82. The molecule has 1 rings (SSSR count). The Labute approximate surface area is 132 Å². The van der Waals surface area contributed by atoms with Crippen LogP contribution >= 0.6 is 0 Å². The third-order valence-electron chi connectivity index (χ3n) is 3.05. The number of hydrogen-bond acceptors (Lipinski definition) is 4. The molecule has 0 aliphatic rings. The Morgan fingerprint density at radius 2 is 1.91 bits per heavy atom. The third-order valence-corrected chi connectivity index (χ3v) is 3.05. The van der Waals surface area contributed by atoms with Gasteiger partial charge in [0.05, 0.1) is 20.8 Å². The van der Waals surface area contributed by atoms with Gasteiger partial charge in [0.15, 0.2) is 17.5 Å². The largest absolute Gasteiger partial charge is 0.493 e. The third kappa shape index (κ3) is 6.22. The molecule has 1 aromatic carbocycles. The molecular weight excluding hydrogens is 282 g/mol. The molecule has 0 amide bonds. The van der Waals surface area contributed by atoms with E-state index in [0.717, 1.165) is 25.1 Å². The van der Waals surface area contributed by atoms with Gasteiger partial charge in [-0.05, 0) is 18.6 Å². The summed E-state index contributed by atoms with van der Waals surface area (Å²) in [6.07, 6.45) is 2.24. The summed E-state index contributed by atoms with van der Waals surface area (Å²) in [4.78, 5) is 4.18. The second-order valence-electron chi connectivity index (χ2n) is 4.66. The number of methoxy groups -OCH3 is 2. The lowest BCUT2D eigenvalue weighted by Crippen LogP contribution is -2.33. The standard InChI is InChI=1S/C16H27N3O3/c1-5-6-10-22-11-9-18-16(17-2)19-13-7-8-14(20-3)15(12-13)21-4/h7-8,12H,5-6,9-11H2,1-4H3,(H2,17,18,19). The summed E-state index contributed by atoms with van der Waals surface area (Å²) in [6, 6.07) is 5.62. The number of guanidine groups is 1. The fraction of sp³-hybridized carbons (Fsp3) is 0.562. The van der Waals surface area contributed by atoms with Crippen LogP contribution in [0.15, 0.2) is 23.2 Å². The molecule has 0 saturated carbocycles. The van der Waals surface area contributed by atoms with Crippen LogP contribution in [0, 0.1) is 0 Å². The van der Waals surface area contributed by atoms with Crippen molar-refractivity contribution in [2.75, 3.05) is 46.3 Å². The molecule has 0 aliphatic carbocycles. The number of anilines is 1. The van der Waals surface area contributed by atoms with Crippen LogP contribution in [-0.2, 0) is 4.74 Å². The molecular formula is C16H27N3O3. The minimum Gasteiger partial charge on any atom is -0.493 e. The van der Waals surface area contributed by atoms with Gasteiger partial charge in [-0.25, -0.2) is 0 Å². The fourth-order valence-corrected chi connectivity index (χ4v) is 1.82. The molecule has 0 bridgehead atoms. The van der Waals surface area contributed by atoms with Gasteiger partial charge in [0.2, 0.25) is 0 Å². The smallest absolute Gasteiger partial charge is 0.195 e. The van der Waals surface area contributed by atoms with Crippen LogP contribution in [-0.4, -0.2) is 47.0 Å². The van der Waals surface area contributed by atoms with Crippen molar-refractivity contribution in [1.82, 2.24) is 5.32 Å². The van der Waals surface area contributed by atoms with E-state index in [2.05, 4.69) is 22.5 Å². The van der Waals surface area contributed by atoms with Crippen molar-refractivity contribution in [3.8, 4) is 11.5 Å². The maximum atomic E-state index is 5.50. The van der Waals surface area contributed by atoms with Crippen LogP contribution in [0.3, 0.4) is 0 Å². The molecule has 0 unspecified atom stereocenters. The molecule has 22 heavy (non-hydrogen) atoms. The Bertz CT molecular complexity index is 464. The van der Waals surface area contributed by atoms with Crippen LogP contribution in [0.1, 0.15) is 19.8 Å². The minimum atomic E-state index is 0.659. The first-order chi connectivity index (χ1) is 10.7.